The number of benzene rings is 2. The van der Waals surface area contributed by atoms with Crippen molar-refractivity contribution < 1.29 is 37.0 Å². The molecule has 0 bridgehead atoms. The number of rotatable bonds is 8. The van der Waals surface area contributed by atoms with E-state index >= 15 is 0 Å². The molecule has 5 rings (SSSR count). The van der Waals surface area contributed by atoms with Gasteiger partial charge in [0.25, 0.3) is 5.91 Å². The second-order valence-electron chi connectivity index (χ2n) is 12.9. The minimum atomic E-state index is -4.54. The number of nitrogens with one attached hydrogen (secondary N) is 2. The molecule has 0 unspecified atom stereocenters. The zero-order chi connectivity index (χ0) is 33.9. The SMILES string of the molecule is C[C@@H](NC(=O)c1csc(C2CCN(C(=O)C3COC3)CC2)n1)c1ccc(-c2cc(C(F)(F)F)ccc2CNC(=O)OC(C)(C)C)cc1. The maximum absolute atomic E-state index is 13.6. The fourth-order valence-electron chi connectivity index (χ4n) is 5.53. The first-order valence-corrected chi connectivity index (χ1v) is 16.5. The van der Waals surface area contributed by atoms with Crippen molar-refractivity contribution in [3.05, 3.63) is 75.2 Å². The van der Waals surface area contributed by atoms with E-state index in [1.807, 2.05) is 11.8 Å². The van der Waals surface area contributed by atoms with E-state index in [1.54, 1.807) is 50.4 Å². The number of hydrogen-bond donors (Lipinski definition) is 2. The molecule has 3 aromatic rings. The first-order valence-electron chi connectivity index (χ1n) is 15.6. The fraction of sp³-hybridized carbons (Fsp3) is 0.471. The lowest BCUT2D eigenvalue weighted by molar-refractivity contribution is -0.151. The minimum Gasteiger partial charge on any atom is -0.444 e. The molecule has 1 aromatic heterocycles. The van der Waals surface area contributed by atoms with Crippen LogP contribution in [0.3, 0.4) is 0 Å². The van der Waals surface area contributed by atoms with Gasteiger partial charge in [0, 0.05) is 30.9 Å². The Morgan fingerprint density at radius 3 is 2.34 bits per heavy atom. The van der Waals surface area contributed by atoms with Crippen molar-refractivity contribution in [1.82, 2.24) is 20.5 Å². The van der Waals surface area contributed by atoms with Crippen LogP contribution in [0.4, 0.5) is 18.0 Å². The third kappa shape index (κ3) is 8.69. The van der Waals surface area contributed by atoms with Gasteiger partial charge in [0.05, 0.1) is 35.7 Å². The zero-order valence-corrected chi connectivity index (χ0v) is 27.6. The number of thiazole rings is 1. The number of ether oxygens (including phenoxy) is 2. The highest BCUT2D eigenvalue weighted by Gasteiger charge is 2.34. The molecule has 2 aliphatic rings. The van der Waals surface area contributed by atoms with E-state index in [-0.39, 0.29) is 30.2 Å². The van der Waals surface area contributed by atoms with Crippen molar-refractivity contribution in [3.63, 3.8) is 0 Å². The summed E-state index contributed by atoms with van der Waals surface area (Å²) in [5.74, 6) is -0.00388. The van der Waals surface area contributed by atoms with Gasteiger partial charge in [-0.15, -0.1) is 11.3 Å². The molecule has 0 radical (unpaired) electrons. The molecular weight excluding hydrogens is 633 g/mol. The monoisotopic (exact) mass is 672 g/mol. The Kier molecular flexibility index (Phi) is 10.3. The highest BCUT2D eigenvalue weighted by atomic mass is 32.1. The van der Waals surface area contributed by atoms with Gasteiger partial charge in [0.15, 0.2) is 0 Å². The Morgan fingerprint density at radius 2 is 1.74 bits per heavy atom. The van der Waals surface area contributed by atoms with Crippen molar-refractivity contribution in [2.75, 3.05) is 26.3 Å². The molecule has 2 fully saturated rings. The molecular formula is C34H39F3N4O5S. The van der Waals surface area contributed by atoms with Crippen LogP contribution < -0.4 is 10.6 Å². The van der Waals surface area contributed by atoms with Crippen LogP contribution in [0.5, 0.6) is 0 Å². The molecule has 3 heterocycles. The standard InChI is InChI=1S/C34H39F3N4O5S/c1-20(39-29(42)28-19-47-30(40-28)23-11-13-41(14-12-23)31(43)25-17-45-18-25)21-5-7-22(8-6-21)27-15-26(34(35,36)37)10-9-24(27)16-38-32(44)46-33(2,3)4/h5-10,15,19-20,23,25H,11-14,16-18H2,1-4H3,(H,38,44)(H,39,42)/t20-/m1/s1. The number of alkyl halides is 3. The largest absolute Gasteiger partial charge is 0.444 e. The summed E-state index contributed by atoms with van der Waals surface area (Å²) in [7, 11) is 0. The lowest BCUT2D eigenvalue weighted by Crippen LogP contribution is -2.47. The summed E-state index contributed by atoms with van der Waals surface area (Å²) in [6, 6.07) is 9.90. The predicted molar refractivity (Wildman–Crippen MR) is 171 cm³/mol. The number of nitrogens with zero attached hydrogens (tertiary/aromatic N) is 2. The summed E-state index contributed by atoms with van der Waals surface area (Å²) in [6.07, 6.45) is -3.63. The fourth-order valence-corrected chi connectivity index (χ4v) is 6.50. The summed E-state index contributed by atoms with van der Waals surface area (Å²) >= 11 is 1.44. The van der Waals surface area contributed by atoms with Crippen molar-refractivity contribution in [3.8, 4) is 11.1 Å². The molecule has 2 N–H and O–H groups in total. The molecule has 2 aliphatic heterocycles. The average Bonchev–Trinajstić information content (AvgIpc) is 3.49. The van der Waals surface area contributed by atoms with Crippen LogP contribution in [0.1, 0.15) is 84.7 Å². The van der Waals surface area contributed by atoms with E-state index in [2.05, 4.69) is 15.6 Å². The molecule has 0 spiro atoms. The van der Waals surface area contributed by atoms with Gasteiger partial charge in [-0.05, 0) is 74.9 Å². The minimum absolute atomic E-state index is 0.0222. The van der Waals surface area contributed by atoms with Crippen LogP contribution in [0, 0.1) is 5.92 Å². The van der Waals surface area contributed by atoms with Crippen LogP contribution in [-0.4, -0.2) is 59.7 Å². The van der Waals surface area contributed by atoms with E-state index in [4.69, 9.17) is 9.47 Å². The van der Waals surface area contributed by atoms with Gasteiger partial charge >= 0.3 is 12.3 Å². The Labute approximate surface area is 275 Å². The second-order valence-corrected chi connectivity index (χ2v) is 13.8. The van der Waals surface area contributed by atoms with Crippen LogP contribution in [0.2, 0.25) is 0 Å². The summed E-state index contributed by atoms with van der Waals surface area (Å²) in [6.45, 7) is 9.28. The van der Waals surface area contributed by atoms with E-state index in [0.29, 0.717) is 48.7 Å². The third-order valence-electron chi connectivity index (χ3n) is 8.23. The van der Waals surface area contributed by atoms with E-state index < -0.39 is 29.5 Å². The highest BCUT2D eigenvalue weighted by molar-refractivity contribution is 7.09. The lowest BCUT2D eigenvalue weighted by Gasteiger charge is -2.36. The topological polar surface area (TPSA) is 110 Å². The summed E-state index contributed by atoms with van der Waals surface area (Å²) in [5, 5.41) is 8.19. The number of carbonyl (C=O) groups is 3. The molecule has 47 heavy (non-hydrogen) atoms. The molecule has 0 aliphatic carbocycles. The van der Waals surface area contributed by atoms with Gasteiger partial charge in [0.2, 0.25) is 5.91 Å². The van der Waals surface area contributed by atoms with Crippen molar-refractivity contribution >= 4 is 29.2 Å². The maximum atomic E-state index is 13.6. The molecule has 2 aromatic carbocycles. The Hall–Kier alpha value is -3.97. The normalized spacial score (nSPS) is 16.7. The molecule has 0 saturated carbocycles. The first kappa shape index (κ1) is 34.4. The molecule has 3 amide bonds. The van der Waals surface area contributed by atoms with Crippen molar-refractivity contribution in [2.24, 2.45) is 5.92 Å². The van der Waals surface area contributed by atoms with Crippen molar-refractivity contribution in [2.45, 2.75) is 70.8 Å². The van der Waals surface area contributed by atoms with Crippen LogP contribution in [-0.2, 0) is 27.0 Å². The van der Waals surface area contributed by atoms with Crippen LogP contribution >= 0.6 is 11.3 Å². The van der Waals surface area contributed by atoms with Crippen LogP contribution in [0.15, 0.2) is 47.8 Å². The number of carbonyl (C=O) groups excluding carboxylic acids is 3. The van der Waals surface area contributed by atoms with Crippen molar-refractivity contribution in [1.29, 1.82) is 0 Å². The summed E-state index contributed by atoms with van der Waals surface area (Å²) in [4.78, 5) is 44.3. The number of alkyl carbamates (subject to hydrolysis) is 1. The second kappa shape index (κ2) is 14.0. The van der Waals surface area contributed by atoms with Gasteiger partial charge in [-0.2, -0.15) is 13.2 Å². The van der Waals surface area contributed by atoms with Gasteiger partial charge < -0.3 is 25.0 Å². The maximum Gasteiger partial charge on any atom is 0.416 e. The number of aromatic nitrogens is 1. The van der Waals surface area contributed by atoms with E-state index in [1.165, 1.54) is 17.4 Å². The Balaban J connectivity index is 1.21. The highest BCUT2D eigenvalue weighted by Crippen LogP contribution is 2.35. The molecule has 13 heteroatoms. The Bertz CT molecular complexity index is 1590. The number of amides is 3. The number of likely N-dealkylation sites (tertiary alicyclic amines) is 1. The summed E-state index contributed by atoms with van der Waals surface area (Å²) < 4.78 is 51.2. The molecule has 1 atom stereocenters. The quantitative estimate of drug-likeness (QED) is 0.276. The van der Waals surface area contributed by atoms with Gasteiger partial charge in [-0.25, -0.2) is 9.78 Å². The third-order valence-corrected chi connectivity index (χ3v) is 9.23. The van der Waals surface area contributed by atoms with Crippen LogP contribution in [0.25, 0.3) is 11.1 Å². The van der Waals surface area contributed by atoms with E-state index in [9.17, 15) is 27.6 Å². The van der Waals surface area contributed by atoms with Gasteiger partial charge in [-0.1, -0.05) is 30.3 Å². The first-order chi connectivity index (χ1) is 22.2. The molecule has 9 nitrogen and oxygen atoms in total. The van der Waals surface area contributed by atoms with Gasteiger partial charge in [-0.3, -0.25) is 9.59 Å². The smallest absolute Gasteiger partial charge is 0.416 e. The van der Waals surface area contributed by atoms with E-state index in [0.717, 1.165) is 35.5 Å². The average molecular weight is 673 g/mol. The van der Waals surface area contributed by atoms with Gasteiger partial charge in [0.1, 0.15) is 11.3 Å². The predicted octanol–water partition coefficient (Wildman–Crippen LogP) is 6.70. The number of hydrogen-bond acceptors (Lipinski definition) is 7. The number of piperidine rings is 1. The number of halogens is 3. The zero-order valence-electron chi connectivity index (χ0n) is 26.8. The Morgan fingerprint density at radius 1 is 1.06 bits per heavy atom. The summed E-state index contributed by atoms with van der Waals surface area (Å²) in [5.41, 5.74) is 0.893. The lowest BCUT2D eigenvalue weighted by atomic mass is 9.95. The molecule has 252 valence electrons. The molecule has 2 saturated heterocycles.